The maximum atomic E-state index is 12.5. The number of ketones is 1. The van der Waals surface area contributed by atoms with Crippen LogP contribution >= 0.6 is 11.8 Å². The molecule has 1 amide bonds. The minimum absolute atomic E-state index is 0.0700. The van der Waals surface area contributed by atoms with Crippen molar-refractivity contribution in [3.8, 4) is 0 Å². The molecule has 1 aliphatic heterocycles. The number of carbonyl (C=O) groups is 2. The Morgan fingerprint density at radius 1 is 1.17 bits per heavy atom. The van der Waals surface area contributed by atoms with E-state index in [2.05, 4.69) is 25.1 Å². The van der Waals surface area contributed by atoms with Crippen LogP contribution in [0, 0.1) is 11.8 Å². The minimum Gasteiger partial charge on any atom is -0.369 e. The molecule has 0 spiro atoms. The summed E-state index contributed by atoms with van der Waals surface area (Å²) in [5.41, 5.74) is 8.43. The van der Waals surface area contributed by atoms with Crippen LogP contribution in [-0.4, -0.2) is 11.7 Å². The summed E-state index contributed by atoms with van der Waals surface area (Å²) in [4.78, 5) is 26.1. The molecule has 1 saturated carbocycles. The molecule has 3 nitrogen and oxygen atoms in total. The average Bonchev–Trinajstić information content (AvgIpc) is 3.23. The van der Waals surface area contributed by atoms with Crippen molar-refractivity contribution in [3.05, 3.63) is 59.2 Å². The first-order valence-electron chi connectivity index (χ1n) is 7.78. The number of amides is 1. The van der Waals surface area contributed by atoms with E-state index in [9.17, 15) is 9.59 Å². The van der Waals surface area contributed by atoms with Gasteiger partial charge in [-0.15, -0.1) is 0 Å². The molecule has 1 aliphatic carbocycles. The SMILES string of the molecule is CC1C(C(N)=O)C1c1ccc2c(c1)CC(=O)c1ccccc1S2. The van der Waals surface area contributed by atoms with Crippen molar-refractivity contribution in [3.63, 3.8) is 0 Å². The van der Waals surface area contributed by atoms with Crippen LogP contribution in [0.3, 0.4) is 0 Å². The second-order valence-corrected chi connectivity index (χ2v) is 7.46. The van der Waals surface area contributed by atoms with Gasteiger partial charge in [-0.1, -0.05) is 49.0 Å². The molecule has 3 atom stereocenters. The maximum absolute atomic E-state index is 12.5. The molecule has 2 N–H and O–H groups in total. The molecule has 3 unspecified atom stereocenters. The molecule has 2 aromatic rings. The van der Waals surface area contributed by atoms with Crippen molar-refractivity contribution in [1.29, 1.82) is 0 Å². The number of benzene rings is 2. The number of nitrogens with two attached hydrogens (primary N) is 1. The number of carbonyl (C=O) groups excluding carboxylic acids is 2. The summed E-state index contributed by atoms with van der Waals surface area (Å²) in [5, 5.41) is 0. The second-order valence-electron chi connectivity index (χ2n) is 6.38. The van der Waals surface area contributed by atoms with E-state index in [-0.39, 0.29) is 29.4 Å². The van der Waals surface area contributed by atoms with Crippen molar-refractivity contribution in [2.75, 3.05) is 0 Å². The van der Waals surface area contributed by atoms with Gasteiger partial charge in [0.05, 0.1) is 0 Å². The van der Waals surface area contributed by atoms with Gasteiger partial charge in [-0.05, 0) is 35.1 Å². The number of fused-ring (bicyclic) bond motifs is 2. The van der Waals surface area contributed by atoms with E-state index in [1.165, 1.54) is 0 Å². The summed E-state index contributed by atoms with van der Waals surface area (Å²) in [5.74, 6) is 0.342. The summed E-state index contributed by atoms with van der Waals surface area (Å²) in [6.45, 7) is 2.06. The Morgan fingerprint density at radius 3 is 2.70 bits per heavy atom. The first kappa shape index (κ1) is 14.5. The van der Waals surface area contributed by atoms with Crippen LogP contribution in [0.2, 0.25) is 0 Å². The number of hydrogen-bond acceptors (Lipinski definition) is 3. The molecule has 0 radical (unpaired) electrons. The molecule has 116 valence electrons. The van der Waals surface area contributed by atoms with Gasteiger partial charge in [0, 0.05) is 27.7 Å². The topological polar surface area (TPSA) is 60.2 Å². The van der Waals surface area contributed by atoms with Crippen LogP contribution in [0.5, 0.6) is 0 Å². The van der Waals surface area contributed by atoms with Crippen LogP contribution in [0.1, 0.15) is 34.3 Å². The lowest BCUT2D eigenvalue weighted by Crippen LogP contribution is -2.14. The second kappa shape index (κ2) is 5.24. The maximum Gasteiger partial charge on any atom is 0.221 e. The van der Waals surface area contributed by atoms with Gasteiger partial charge in [0.1, 0.15) is 0 Å². The summed E-state index contributed by atoms with van der Waals surface area (Å²) < 4.78 is 0. The summed E-state index contributed by atoms with van der Waals surface area (Å²) in [6.07, 6.45) is 0.412. The monoisotopic (exact) mass is 323 g/mol. The zero-order chi connectivity index (χ0) is 16.1. The highest BCUT2D eigenvalue weighted by molar-refractivity contribution is 7.99. The Labute approximate surface area is 139 Å². The first-order chi connectivity index (χ1) is 11.1. The zero-order valence-corrected chi connectivity index (χ0v) is 13.6. The largest absolute Gasteiger partial charge is 0.369 e. The van der Waals surface area contributed by atoms with E-state index in [1.54, 1.807) is 11.8 Å². The van der Waals surface area contributed by atoms with Gasteiger partial charge in [-0.2, -0.15) is 0 Å². The molecule has 2 aliphatic rings. The normalized spacial score (nSPS) is 25.3. The van der Waals surface area contributed by atoms with Gasteiger partial charge in [-0.3, -0.25) is 9.59 Å². The Hall–Kier alpha value is -2.07. The fourth-order valence-electron chi connectivity index (χ4n) is 3.63. The molecular weight excluding hydrogens is 306 g/mol. The van der Waals surface area contributed by atoms with Gasteiger partial charge in [0.2, 0.25) is 5.91 Å². The highest BCUT2D eigenvalue weighted by atomic mass is 32.2. The highest BCUT2D eigenvalue weighted by Crippen LogP contribution is 2.54. The van der Waals surface area contributed by atoms with Crippen molar-refractivity contribution >= 4 is 23.5 Å². The number of primary amides is 1. The molecule has 1 fully saturated rings. The van der Waals surface area contributed by atoms with E-state index >= 15 is 0 Å². The van der Waals surface area contributed by atoms with Gasteiger partial charge >= 0.3 is 0 Å². The molecule has 4 heteroatoms. The molecule has 23 heavy (non-hydrogen) atoms. The van der Waals surface area contributed by atoms with Crippen LogP contribution in [0.4, 0.5) is 0 Å². The van der Waals surface area contributed by atoms with Crippen molar-refractivity contribution in [2.24, 2.45) is 17.6 Å². The standard InChI is InChI=1S/C19H17NO2S/c1-10-17(18(10)19(20)22)11-6-7-15-12(8-11)9-14(21)13-4-2-3-5-16(13)23-15/h2-8,10,17-18H,9H2,1H3,(H2,20,22). The molecule has 2 aromatic carbocycles. The lowest BCUT2D eigenvalue weighted by Gasteiger charge is -2.08. The number of Topliss-reactive ketones (excluding diaryl/α,β-unsaturated/α-hetero) is 1. The minimum atomic E-state index is -0.227. The van der Waals surface area contributed by atoms with E-state index in [4.69, 9.17) is 5.73 Å². The average molecular weight is 323 g/mol. The first-order valence-corrected chi connectivity index (χ1v) is 8.60. The molecule has 1 heterocycles. The predicted molar refractivity (Wildman–Crippen MR) is 89.6 cm³/mol. The van der Waals surface area contributed by atoms with E-state index in [1.807, 2.05) is 24.3 Å². The van der Waals surface area contributed by atoms with Crippen LogP contribution in [0.25, 0.3) is 0 Å². The van der Waals surface area contributed by atoms with Crippen LogP contribution in [0.15, 0.2) is 52.3 Å². The van der Waals surface area contributed by atoms with Crippen molar-refractivity contribution < 1.29 is 9.59 Å². The smallest absolute Gasteiger partial charge is 0.221 e. The Bertz CT molecular complexity index is 830. The van der Waals surface area contributed by atoms with Crippen LogP contribution in [-0.2, 0) is 11.2 Å². The summed E-state index contributed by atoms with van der Waals surface area (Å²) in [7, 11) is 0. The summed E-state index contributed by atoms with van der Waals surface area (Å²) in [6, 6.07) is 14.0. The van der Waals surface area contributed by atoms with E-state index < -0.39 is 0 Å². The Morgan fingerprint density at radius 2 is 1.96 bits per heavy atom. The van der Waals surface area contributed by atoms with Gasteiger partial charge in [0.25, 0.3) is 0 Å². The predicted octanol–water partition coefficient (Wildman–Crippen LogP) is 3.41. The highest BCUT2D eigenvalue weighted by Gasteiger charge is 2.51. The molecular formula is C19H17NO2S. The number of rotatable bonds is 2. The molecule has 4 rings (SSSR count). The summed E-state index contributed by atoms with van der Waals surface area (Å²) >= 11 is 1.64. The zero-order valence-electron chi connectivity index (χ0n) is 12.8. The Balaban J connectivity index is 1.71. The van der Waals surface area contributed by atoms with Gasteiger partial charge < -0.3 is 5.73 Å². The third-order valence-electron chi connectivity index (χ3n) is 4.94. The van der Waals surface area contributed by atoms with Gasteiger partial charge in [-0.25, -0.2) is 0 Å². The lowest BCUT2D eigenvalue weighted by molar-refractivity contribution is -0.119. The van der Waals surface area contributed by atoms with E-state index in [0.29, 0.717) is 6.42 Å². The lowest BCUT2D eigenvalue weighted by atomic mass is 9.99. The van der Waals surface area contributed by atoms with Crippen LogP contribution < -0.4 is 5.73 Å². The quantitative estimate of drug-likeness (QED) is 0.921. The Kier molecular flexibility index (Phi) is 3.31. The third-order valence-corrected chi connectivity index (χ3v) is 6.13. The molecule has 0 saturated heterocycles. The number of hydrogen-bond donors (Lipinski definition) is 1. The third kappa shape index (κ3) is 2.38. The molecule has 0 bridgehead atoms. The van der Waals surface area contributed by atoms with Gasteiger partial charge in [0.15, 0.2) is 5.78 Å². The fraction of sp³-hybridized carbons (Fsp3) is 0.263. The molecule has 0 aromatic heterocycles. The van der Waals surface area contributed by atoms with Crippen molar-refractivity contribution in [2.45, 2.75) is 29.1 Å². The fourth-order valence-corrected chi connectivity index (χ4v) is 4.70. The van der Waals surface area contributed by atoms with E-state index in [0.717, 1.165) is 26.5 Å². The van der Waals surface area contributed by atoms with Crippen molar-refractivity contribution in [1.82, 2.24) is 0 Å².